The van der Waals surface area contributed by atoms with E-state index in [0.717, 1.165) is 5.75 Å². The summed E-state index contributed by atoms with van der Waals surface area (Å²) in [6.07, 6.45) is 2.05. The molecule has 2 aromatic carbocycles. The van der Waals surface area contributed by atoms with Gasteiger partial charge in [0, 0.05) is 20.1 Å². The highest BCUT2D eigenvalue weighted by Gasteiger charge is 2.13. The van der Waals surface area contributed by atoms with Crippen LogP contribution in [0.5, 0.6) is 23.0 Å². The molecule has 180 valence electrons. The maximum atomic E-state index is 12.2. The summed E-state index contributed by atoms with van der Waals surface area (Å²) < 4.78 is 26.3. The van der Waals surface area contributed by atoms with E-state index in [0.29, 0.717) is 36.7 Å². The molecule has 9 heteroatoms. The van der Waals surface area contributed by atoms with E-state index in [9.17, 15) is 14.9 Å². The molecule has 2 rings (SSSR count). The number of esters is 1. The van der Waals surface area contributed by atoms with Crippen molar-refractivity contribution in [2.24, 2.45) is 0 Å². The number of hydrogen-bond acceptors (Lipinski definition) is 8. The lowest BCUT2D eigenvalue weighted by Gasteiger charge is -2.11. The van der Waals surface area contributed by atoms with Crippen molar-refractivity contribution in [3.8, 4) is 29.1 Å². The highest BCUT2D eigenvalue weighted by molar-refractivity contribution is 6.01. The third kappa shape index (κ3) is 8.48. The molecule has 0 saturated heterocycles. The normalized spacial score (nSPS) is 10.7. The van der Waals surface area contributed by atoms with Crippen LogP contribution < -0.4 is 24.3 Å². The number of amides is 1. The first kappa shape index (κ1) is 26.2. The largest absolute Gasteiger partial charge is 0.497 e. The van der Waals surface area contributed by atoms with E-state index in [-0.39, 0.29) is 24.3 Å². The van der Waals surface area contributed by atoms with Crippen LogP contribution in [0.15, 0.2) is 48.0 Å². The summed E-state index contributed by atoms with van der Waals surface area (Å²) in [4.78, 5) is 24.3. The van der Waals surface area contributed by atoms with Crippen LogP contribution in [0, 0.1) is 11.3 Å². The van der Waals surface area contributed by atoms with Crippen molar-refractivity contribution in [1.82, 2.24) is 5.32 Å². The molecule has 0 spiro atoms. The molecule has 1 amide bonds. The van der Waals surface area contributed by atoms with Gasteiger partial charge < -0.3 is 29.0 Å². The first-order valence-electron chi connectivity index (χ1n) is 10.5. The van der Waals surface area contributed by atoms with Crippen molar-refractivity contribution >= 4 is 18.0 Å². The Bertz CT molecular complexity index is 1030. The number of hydrogen-bond donors (Lipinski definition) is 1. The summed E-state index contributed by atoms with van der Waals surface area (Å²) in [5.41, 5.74) is 0.475. The molecule has 0 fully saturated rings. The van der Waals surface area contributed by atoms with Crippen LogP contribution in [0.1, 0.15) is 18.4 Å². The van der Waals surface area contributed by atoms with Gasteiger partial charge in [-0.25, -0.2) is 0 Å². The van der Waals surface area contributed by atoms with E-state index in [2.05, 4.69) is 5.32 Å². The van der Waals surface area contributed by atoms with Gasteiger partial charge in [0.1, 0.15) is 23.1 Å². The Hall–Kier alpha value is -4.03. The number of methoxy groups -OCH3 is 3. The van der Waals surface area contributed by atoms with E-state index in [1.54, 1.807) is 49.6 Å². The van der Waals surface area contributed by atoms with Gasteiger partial charge in [0.05, 0.1) is 27.4 Å². The van der Waals surface area contributed by atoms with Crippen LogP contribution >= 0.6 is 0 Å². The number of carbonyl (C=O) groups is 2. The molecule has 9 nitrogen and oxygen atoms in total. The fourth-order valence-electron chi connectivity index (χ4n) is 2.79. The number of nitrogens with one attached hydrogen (secondary N) is 1. The third-order valence-corrected chi connectivity index (χ3v) is 4.53. The average molecular weight is 469 g/mol. The Kier molecular flexibility index (Phi) is 10.9. The van der Waals surface area contributed by atoms with E-state index in [4.69, 9.17) is 23.7 Å². The molecule has 34 heavy (non-hydrogen) atoms. The SMILES string of the molecule is COCCNC(=O)C(C#N)=Cc1ccc(OC(=O)CCCOc2ccc(OC)cc2)c(OC)c1. The molecule has 0 aliphatic heterocycles. The first-order chi connectivity index (χ1) is 16.5. The molecular weight excluding hydrogens is 440 g/mol. The molecule has 0 radical (unpaired) electrons. The minimum atomic E-state index is -0.508. The van der Waals surface area contributed by atoms with Gasteiger partial charge in [0.25, 0.3) is 5.91 Å². The van der Waals surface area contributed by atoms with E-state index >= 15 is 0 Å². The van der Waals surface area contributed by atoms with Crippen LogP contribution in [0.3, 0.4) is 0 Å². The number of carbonyl (C=O) groups excluding carboxylic acids is 2. The van der Waals surface area contributed by atoms with Crippen LogP contribution in [0.4, 0.5) is 0 Å². The molecule has 0 aliphatic carbocycles. The van der Waals surface area contributed by atoms with Gasteiger partial charge in [-0.15, -0.1) is 0 Å². The standard InChI is InChI=1S/C25H28N2O7/c1-30-14-12-27-25(29)19(17-26)15-18-6-11-22(23(16-18)32-3)34-24(28)5-4-13-33-21-9-7-20(31-2)8-10-21/h6-11,15-16H,4-5,12-14H2,1-3H3,(H,27,29). The fraction of sp³-hybridized carbons (Fsp3) is 0.320. The molecule has 0 atom stereocenters. The smallest absolute Gasteiger partial charge is 0.311 e. The first-order valence-corrected chi connectivity index (χ1v) is 10.5. The van der Waals surface area contributed by atoms with Gasteiger partial charge in [0.2, 0.25) is 0 Å². The van der Waals surface area contributed by atoms with Gasteiger partial charge in [0.15, 0.2) is 11.5 Å². The maximum Gasteiger partial charge on any atom is 0.311 e. The third-order valence-electron chi connectivity index (χ3n) is 4.53. The van der Waals surface area contributed by atoms with Crippen molar-refractivity contribution in [2.45, 2.75) is 12.8 Å². The van der Waals surface area contributed by atoms with Crippen LogP contribution in [0.2, 0.25) is 0 Å². The second-order valence-electron chi connectivity index (χ2n) is 6.93. The van der Waals surface area contributed by atoms with Gasteiger partial charge in [-0.3, -0.25) is 9.59 Å². The Balaban J connectivity index is 1.90. The van der Waals surface area contributed by atoms with Gasteiger partial charge >= 0.3 is 5.97 Å². The maximum absolute atomic E-state index is 12.2. The van der Waals surface area contributed by atoms with Crippen LogP contribution in [-0.2, 0) is 14.3 Å². The van der Waals surface area contributed by atoms with E-state index < -0.39 is 11.9 Å². The van der Waals surface area contributed by atoms with Crippen molar-refractivity contribution < 1.29 is 33.3 Å². The Morgan fingerprint density at radius 3 is 2.35 bits per heavy atom. The number of benzene rings is 2. The molecular formula is C25H28N2O7. The fourth-order valence-corrected chi connectivity index (χ4v) is 2.79. The number of nitriles is 1. The molecule has 0 bridgehead atoms. The minimum Gasteiger partial charge on any atom is -0.497 e. The van der Waals surface area contributed by atoms with Crippen molar-refractivity contribution in [2.75, 3.05) is 41.1 Å². The summed E-state index contributed by atoms with van der Waals surface area (Å²) in [7, 11) is 4.55. The Morgan fingerprint density at radius 2 is 1.71 bits per heavy atom. The summed E-state index contributed by atoms with van der Waals surface area (Å²) in [5.74, 6) is 1.02. The summed E-state index contributed by atoms with van der Waals surface area (Å²) >= 11 is 0. The monoisotopic (exact) mass is 468 g/mol. The Morgan fingerprint density at radius 1 is 0.971 bits per heavy atom. The van der Waals surface area contributed by atoms with Gasteiger partial charge in [-0.2, -0.15) is 5.26 Å². The lowest BCUT2D eigenvalue weighted by atomic mass is 10.1. The zero-order valence-corrected chi connectivity index (χ0v) is 19.5. The lowest BCUT2D eigenvalue weighted by Crippen LogP contribution is -2.27. The van der Waals surface area contributed by atoms with E-state index in [1.165, 1.54) is 20.3 Å². The van der Waals surface area contributed by atoms with Gasteiger partial charge in [-0.1, -0.05) is 6.07 Å². The lowest BCUT2D eigenvalue weighted by molar-refractivity contribution is -0.134. The van der Waals surface area contributed by atoms with Gasteiger partial charge in [-0.05, 0) is 54.5 Å². The Labute approximate surface area is 198 Å². The molecule has 0 unspecified atom stereocenters. The number of rotatable bonds is 13. The number of nitrogens with zero attached hydrogens (tertiary/aromatic N) is 1. The molecule has 0 heterocycles. The summed E-state index contributed by atoms with van der Waals surface area (Å²) in [6.45, 7) is 0.981. The second-order valence-corrected chi connectivity index (χ2v) is 6.93. The highest BCUT2D eigenvalue weighted by Crippen LogP contribution is 2.29. The highest BCUT2D eigenvalue weighted by atomic mass is 16.6. The van der Waals surface area contributed by atoms with Crippen LogP contribution in [0.25, 0.3) is 6.08 Å². The van der Waals surface area contributed by atoms with E-state index in [1.807, 2.05) is 6.07 Å². The average Bonchev–Trinajstić information content (AvgIpc) is 2.86. The second kappa shape index (κ2) is 14.2. The quantitative estimate of drug-likeness (QED) is 0.157. The zero-order chi connectivity index (χ0) is 24.8. The van der Waals surface area contributed by atoms with Crippen LogP contribution in [-0.4, -0.2) is 53.0 Å². The minimum absolute atomic E-state index is 0.0697. The molecule has 0 saturated carbocycles. The molecule has 0 aliphatic rings. The number of ether oxygens (including phenoxy) is 5. The summed E-state index contributed by atoms with van der Waals surface area (Å²) in [6, 6.07) is 13.8. The topological polar surface area (TPSA) is 116 Å². The van der Waals surface area contributed by atoms with Crippen molar-refractivity contribution in [1.29, 1.82) is 5.26 Å². The van der Waals surface area contributed by atoms with Crippen molar-refractivity contribution in [3.05, 3.63) is 53.6 Å². The predicted octanol–water partition coefficient (Wildman–Crippen LogP) is 3.14. The summed E-state index contributed by atoms with van der Waals surface area (Å²) in [5, 5.41) is 11.9. The molecule has 0 aromatic heterocycles. The molecule has 2 aromatic rings. The predicted molar refractivity (Wildman–Crippen MR) is 125 cm³/mol. The zero-order valence-electron chi connectivity index (χ0n) is 19.5. The molecule has 1 N–H and O–H groups in total. The van der Waals surface area contributed by atoms with Crippen molar-refractivity contribution in [3.63, 3.8) is 0 Å².